The first-order chi connectivity index (χ1) is 12.5. The molecule has 0 aromatic heterocycles. The Labute approximate surface area is 149 Å². The number of nitro groups is 1. The molecule has 2 aromatic carbocycles. The Hall–Kier alpha value is -3.42. The number of nitrogens with one attached hydrogen (secondary N) is 1. The Morgan fingerprint density at radius 3 is 2.54 bits per heavy atom. The summed E-state index contributed by atoms with van der Waals surface area (Å²) < 4.78 is 9.96. The van der Waals surface area contributed by atoms with Gasteiger partial charge in [-0.3, -0.25) is 19.7 Å². The van der Waals surface area contributed by atoms with E-state index in [9.17, 15) is 19.7 Å². The first-order valence-corrected chi connectivity index (χ1v) is 7.81. The number of hydrogen-bond donors (Lipinski definition) is 1. The molecule has 0 saturated carbocycles. The van der Waals surface area contributed by atoms with E-state index in [1.807, 2.05) is 30.3 Å². The summed E-state index contributed by atoms with van der Waals surface area (Å²) in [6.45, 7) is -0.451. The van der Waals surface area contributed by atoms with E-state index < -0.39 is 23.4 Å². The number of nitro benzene ring substituents is 1. The Morgan fingerprint density at radius 2 is 1.88 bits per heavy atom. The van der Waals surface area contributed by atoms with Gasteiger partial charge in [0.15, 0.2) is 6.61 Å². The Bertz CT molecular complexity index is 792. The van der Waals surface area contributed by atoms with Gasteiger partial charge < -0.3 is 14.8 Å². The van der Waals surface area contributed by atoms with E-state index in [4.69, 9.17) is 9.47 Å². The third kappa shape index (κ3) is 5.59. The molecule has 0 aliphatic rings. The predicted molar refractivity (Wildman–Crippen MR) is 94.0 cm³/mol. The number of methoxy groups -OCH3 is 1. The van der Waals surface area contributed by atoms with Gasteiger partial charge in [0.1, 0.15) is 5.75 Å². The van der Waals surface area contributed by atoms with Crippen LogP contribution in [0.3, 0.4) is 0 Å². The number of aryl methyl sites for hydroxylation is 1. The van der Waals surface area contributed by atoms with E-state index in [-0.39, 0.29) is 23.5 Å². The van der Waals surface area contributed by atoms with Crippen LogP contribution in [0.15, 0.2) is 48.5 Å². The number of carbonyl (C=O) groups excluding carboxylic acids is 2. The quantitative estimate of drug-likeness (QED) is 0.442. The van der Waals surface area contributed by atoms with Crippen LogP contribution in [0, 0.1) is 10.1 Å². The minimum Gasteiger partial charge on any atom is -0.494 e. The summed E-state index contributed by atoms with van der Waals surface area (Å²) in [5, 5.41) is 13.2. The molecule has 0 atom stereocenters. The predicted octanol–water partition coefficient (Wildman–Crippen LogP) is 2.72. The van der Waals surface area contributed by atoms with E-state index in [0.29, 0.717) is 6.42 Å². The Kier molecular flexibility index (Phi) is 6.67. The molecular formula is C18H18N2O6. The fourth-order valence-electron chi connectivity index (χ4n) is 2.19. The van der Waals surface area contributed by atoms with Crippen LogP contribution in [0.2, 0.25) is 0 Å². The monoisotopic (exact) mass is 358 g/mol. The summed E-state index contributed by atoms with van der Waals surface area (Å²) in [5.41, 5.74) is 1.10. The highest BCUT2D eigenvalue weighted by Crippen LogP contribution is 2.28. The van der Waals surface area contributed by atoms with Crippen molar-refractivity contribution in [2.45, 2.75) is 12.8 Å². The van der Waals surface area contributed by atoms with Crippen molar-refractivity contribution in [3.05, 3.63) is 64.2 Å². The molecule has 2 rings (SSSR count). The second-order valence-corrected chi connectivity index (χ2v) is 5.34. The largest absolute Gasteiger partial charge is 0.494 e. The molecule has 8 heteroatoms. The van der Waals surface area contributed by atoms with Gasteiger partial charge >= 0.3 is 5.97 Å². The fourth-order valence-corrected chi connectivity index (χ4v) is 2.19. The summed E-state index contributed by atoms with van der Waals surface area (Å²) in [5.74, 6) is -0.909. The van der Waals surface area contributed by atoms with Crippen molar-refractivity contribution < 1.29 is 24.0 Å². The average Bonchev–Trinajstić information content (AvgIpc) is 2.65. The van der Waals surface area contributed by atoms with E-state index in [2.05, 4.69) is 5.32 Å². The second kappa shape index (κ2) is 9.16. The molecule has 0 bridgehead atoms. The van der Waals surface area contributed by atoms with Crippen LogP contribution >= 0.6 is 0 Å². The van der Waals surface area contributed by atoms with Gasteiger partial charge in [0, 0.05) is 12.5 Å². The Morgan fingerprint density at radius 1 is 1.15 bits per heavy atom. The van der Waals surface area contributed by atoms with Crippen LogP contribution in [0.1, 0.15) is 12.0 Å². The van der Waals surface area contributed by atoms with Gasteiger partial charge in [-0.25, -0.2) is 0 Å². The zero-order valence-electron chi connectivity index (χ0n) is 14.1. The van der Waals surface area contributed by atoms with Crippen molar-refractivity contribution in [3.8, 4) is 5.75 Å². The first-order valence-electron chi connectivity index (χ1n) is 7.81. The van der Waals surface area contributed by atoms with Gasteiger partial charge in [-0.05, 0) is 18.1 Å². The SMILES string of the molecule is COc1cc([N+](=O)[O-])ccc1NC(=O)COC(=O)CCc1ccccc1. The van der Waals surface area contributed by atoms with Crippen molar-refractivity contribution in [2.75, 3.05) is 19.0 Å². The van der Waals surface area contributed by atoms with Crippen molar-refractivity contribution in [1.82, 2.24) is 0 Å². The first kappa shape index (κ1) is 18.9. The molecule has 0 spiro atoms. The highest BCUT2D eigenvalue weighted by Gasteiger charge is 2.14. The number of ether oxygens (including phenoxy) is 2. The maximum atomic E-state index is 11.9. The molecule has 2 aromatic rings. The van der Waals surface area contributed by atoms with E-state index in [1.165, 1.54) is 25.3 Å². The van der Waals surface area contributed by atoms with Crippen molar-refractivity contribution in [1.29, 1.82) is 0 Å². The third-order valence-corrected chi connectivity index (χ3v) is 3.49. The van der Waals surface area contributed by atoms with E-state index >= 15 is 0 Å². The minimum atomic E-state index is -0.567. The van der Waals surface area contributed by atoms with Crippen LogP contribution < -0.4 is 10.1 Å². The number of benzene rings is 2. The molecule has 0 radical (unpaired) electrons. The van der Waals surface area contributed by atoms with Gasteiger partial charge in [-0.1, -0.05) is 30.3 Å². The molecule has 136 valence electrons. The zero-order chi connectivity index (χ0) is 18.9. The number of esters is 1. The molecule has 0 aliphatic heterocycles. The van der Waals surface area contributed by atoms with Crippen molar-refractivity contribution in [2.24, 2.45) is 0 Å². The highest BCUT2D eigenvalue weighted by molar-refractivity contribution is 5.94. The maximum Gasteiger partial charge on any atom is 0.306 e. The fraction of sp³-hybridized carbons (Fsp3) is 0.222. The van der Waals surface area contributed by atoms with Crippen LogP contribution in [-0.4, -0.2) is 30.5 Å². The molecule has 0 saturated heterocycles. The zero-order valence-corrected chi connectivity index (χ0v) is 14.1. The average molecular weight is 358 g/mol. The number of amides is 1. The summed E-state index contributed by atoms with van der Waals surface area (Å²) in [4.78, 5) is 33.8. The highest BCUT2D eigenvalue weighted by atomic mass is 16.6. The number of anilines is 1. The molecule has 0 fully saturated rings. The van der Waals surface area contributed by atoms with Crippen LogP contribution in [0.5, 0.6) is 5.75 Å². The second-order valence-electron chi connectivity index (χ2n) is 5.34. The summed E-state index contributed by atoms with van der Waals surface area (Å²) in [6, 6.07) is 13.2. The maximum absolute atomic E-state index is 11.9. The molecule has 8 nitrogen and oxygen atoms in total. The molecule has 0 aliphatic carbocycles. The summed E-state index contributed by atoms with van der Waals surface area (Å²) in [6.07, 6.45) is 0.690. The lowest BCUT2D eigenvalue weighted by molar-refractivity contribution is -0.384. The lowest BCUT2D eigenvalue weighted by Crippen LogP contribution is -2.21. The third-order valence-electron chi connectivity index (χ3n) is 3.49. The number of nitrogens with zero attached hydrogens (tertiary/aromatic N) is 1. The van der Waals surface area contributed by atoms with Gasteiger partial charge in [0.2, 0.25) is 0 Å². The number of rotatable bonds is 8. The van der Waals surface area contributed by atoms with Gasteiger partial charge in [0.05, 0.1) is 23.8 Å². The van der Waals surface area contributed by atoms with E-state index in [0.717, 1.165) is 5.56 Å². The Balaban J connectivity index is 1.83. The van der Waals surface area contributed by atoms with Gasteiger partial charge in [-0.2, -0.15) is 0 Å². The van der Waals surface area contributed by atoms with Crippen molar-refractivity contribution in [3.63, 3.8) is 0 Å². The lowest BCUT2D eigenvalue weighted by Gasteiger charge is -2.10. The topological polar surface area (TPSA) is 108 Å². The summed E-state index contributed by atoms with van der Waals surface area (Å²) >= 11 is 0. The van der Waals surface area contributed by atoms with Crippen molar-refractivity contribution >= 4 is 23.3 Å². The van der Waals surface area contributed by atoms with Crippen LogP contribution in [-0.2, 0) is 20.7 Å². The number of hydrogen-bond acceptors (Lipinski definition) is 6. The van der Waals surface area contributed by atoms with Gasteiger partial charge in [-0.15, -0.1) is 0 Å². The smallest absolute Gasteiger partial charge is 0.306 e. The normalized spacial score (nSPS) is 10.0. The number of carbonyl (C=O) groups is 2. The molecule has 0 unspecified atom stereocenters. The lowest BCUT2D eigenvalue weighted by atomic mass is 10.1. The molecular weight excluding hydrogens is 340 g/mol. The van der Waals surface area contributed by atoms with Crippen LogP contribution in [0.25, 0.3) is 0 Å². The minimum absolute atomic E-state index is 0.142. The molecule has 0 heterocycles. The molecule has 1 N–H and O–H groups in total. The van der Waals surface area contributed by atoms with Crippen LogP contribution in [0.4, 0.5) is 11.4 Å². The van der Waals surface area contributed by atoms with E-state index in [1.54, 1.807) is 0 Å². The molecule has 26 heavy (non-hydrogen) atoms. The molecule has 1 amide bonds. The standard InChI is InChI=1S/C18H18N2O6/c1-25-16-11-14(20(23)24)8-9-15(16)19-17(21)12-26-18(22)10-7-13-5-3-2-4-6-13/h2-6,8-9,11H,7,10,12H2,1H3,(H,19,21). The number of non-ortho nitro benzene ring substituents is 1. The van der Waals surface area contributed by atoms with Gasteiger partial charge in [0.25, 0.3) is 11.6 Å². The summed E-state index contributed by atoms with van der Waals surface area (Å²) in [7, 11) is 1.33.